The second-order valence-corrected chi connectivity index (χ2v) is 7.17. The van der Waals surface area contributed by atoms with Gasteiger partial charge in [0.15, 0.2) is 0 Å². The van der Waals surface area contributed by atoms with Gasteiger partial charge in [-0.15, -0.1) is 0 Å². The summed E-state index contributed by atoms with van der Waals surface area (Å²) in [6, 6.07) is 11.1. The number of imide groups is 1. The fourth-order valence-corrected chi connectivity index (χ4v) is 3.06. The molecule has 1 heterocycles. The Morgan fingerprint density at radius 3 is 2.39 bits per heavy atom. The summed E-state index contributed by atoms with van der Waals surface area (Å²) in [6.07, 6.45) is 0.620. The number of benzene rings is 2. The maximum Gasteiger partial charge on any atom is 0.319 e. The Hall–Kier alpha value is -3.35. The van der Waals surface area contributed by atoms with Gasteiger partial charge in [-0.3, -0.25) is 14.5 Å². The number of rotatable bonds is 6. The van der Waals surface area contributed by atoms with E-state index in [9.17, 15) is 19.5 Å². The Bertz CT molecular complexity index is 906. The standard InChI is InChI=1S/C21H23N3O4/c1-13(2)12-24-19(26)17-8-5-15(11-18(17)20(24)27)23-21(28)22-10-9-14-3-6-16(25)7-4-14/h3-8,11,13,25H,9-10,12H2,1-2H3,(H2,22,23,28). The molecule has 7 heteroatoms. The van der Waals surface area contributed by atoms with Gasteiger partial charge in [0.25, 0.3) is 11.8 Å². The van der Waals surface area contributed by atoms with Crippen LogP contribution in [0.15, 0.2) is 42.5 Å². The lowest BCUT2D eigenvalue weighted by Gasteiger charge is -2.15. The van der Waals surface area contributed by atoms with Crippen molar-refractivity contribution in [2.75, 3.05) is 18.4 Å². The molecule has 1 aliphatic heterocycles. The number of aromatic hydroxyl groups is 1. The van der Waals surface area contributed by atoms with Gasteiger partial charge in [-0.25, -0.2) is 4.79 Å². The molecule has 0 fully saturated rings. The third kappa shape index (κ3) is 4.31. The van der Waals surface area contributed by atoms with Crippen molar-refractivity contribution < 1.29 is 19.5 Å². The first-order chi connectivity index (χ1) is 13.3. The van der Waals surface area contributed by atoms with Gasteiger partial charge in [-0.05, 0) is 48.2 Å². The van der Waals surface area contributed by atoms with Gasteiger partial charge in [0.05, 0.1) is 11.1 Å². The third-order valence-corrected chi connectivity index (χ3v) is 4.41. The van der Waals surface area contributed by atoms with E-state index in [1.807, 2.05) is 13.8 Å². The van der Waals surface area contributed by atoms with Crippen LogP contribution in [0.1, 0.15) is 40.1 Å². The minimum absolute atomic E-state index is 0.180. The van der Waals surface area contributed by atoms with Crippen molar-refractivity contribution >= 4 is 23.5 Å². The normalized spacial score (nSPS) is 13.0. The number of phenolic OH excluding ortho intramolecular Hbond substituents is 1. The molecule has 0 saturated carbocycles. The van der Waals surface area contributed by atoms with Crippen LogP contribution in [0.25, 0.3) is 0 Å². The first kappa shape index (κ1) is 19.4. The van der Waals surface area contributed by atoms with E-state index in [1.54, 1.807) is 36.4 Å². The minimum Gasteiger partial charge on any atom is -0.508 e. The number of carbonyl (C=O) groups excluding carboxylic acids is 3. The van der Waals surface area contributed by atoms with Crippen LogP contribution in [0.5, 0.6) is 5.75 Å². The SMILES string of the molecule is CC(C)CN1C(=O)c2ccc(NC(=O)NCCc3ccc(O)cc3)cc2C1=O. The van der Waals surface area contributed by atoms with E-state index in [0.29, 0.717) is 36.3 Å². The Morgan fingerprint density at radius 2 is 1.71 bits per heavy atom. The van der Waals surface area contributed by atoms with Gasteiger partial charge >= 0.3 is 6.03 Å². The molecule has 0 aromatic heterocycles. The van der Waals surface area contributed by atoms with E-state index in [2.05, 4.69) is 10.6 Å². The van der Waals surface area contributed by atoms with E-state index in [1.165, 1.54) is 11.0 Å². The number of nitrogens with one attached hydrogen (secondary N) is 2. The number of hydrogen-bond acceptors (Lipinski definition) is 4. The number of hydrogen-bond donors (Lipinski definition) is 3. The van der Waals surface area contributed by atoms with Crippen LogP contribution in [-0.2, 0) is 6.42 Å². The molecular weight excluding hydrogens is 358 g/mol. The molecule has 0 aliphatic carbocycles. The van der Waals surface area contributed by atoms with Crippen molar-refractivity contribution in [3.63, 3.8) is 0 Å². The maximum atomic E-state index is 12.5. The van der Waals surface area contributed by atoms with Gasteiger partial charge in [-0.1, -0.05) is 26.0 Å². The molecule has 0 bridgehead atoms. The van der Waals surface area contributed by atoms with Crippen molar-refractivity contribution in [1.82, 2.24) is 10.2 Å². The highest BCUT2D eigenvalue weighted by atomic mass is 16.3. The molecule has 146 valence electrons. The van der Waals surface area contributed by atoms with Crippen molar-refractivity contribution in [1.29, 1.82) is 0 Å². The van der Waals surface area contributed by atoms with Crippen molar-refractivity contribution in [2.24, 2.45) is 5.92 Å². The van der Waals surface area contributed by atoms with Gasteiger partial charge < -0.3 is 15.7 Å². The van der Waals surface area contributed by atoms with Gasteiger partial charge in [-0.2, -0.15) is 0 Å². The lowest BCUT2D eigenvalue weighted by Crippen LogP contribution is -2.33. The number of anilines is 1. The predicted octanol–water partition coefficient (Wildman–Crippen LogP) is 3.01. The lowest BCUT2D eigenvalue weighted by atomic mass is 10.1. The van der Waals surface area contributed by atoms with E-state index < -0.39 is 6.03 Å². The Labute approximate surface area is 163 Å². The largest absolute Gasteiger partial charge is 0.508 e. The van der Waals surface area contributed by atoms with Crippen LogP contribution in [0.4, 0.5) is 10.5 Å². The number of fused-ring (bicyclic) bond motifs is 1. The van der Waals surface area contributed by atoms with Gasteiger partial charge in [0, 0.05) is 18.8 Å². The summed E-state index contributed by atoms with van der Waals surface area (Å²) < 4.78 is 0. The lowest BCUT2D eigenvalue weighted by molar-refractivity contribution is 0.0636. The molecule has 4 amide bonds. The predicted molar refractivity (Wildman–Crippen MR) is 105 cm³/mol. The molecule has 3 rings (SSSR count). The minimum atomic E-state index is -0.394. The quantitative estimate of drug-likeness (QED) is 0.670. The summed E-state index contributed by atoms with van der Waals surface area (Å²) in [5, 5.41) is 14.7. The van der Waals surface area contributed by atoms with E-state index in [0.717, 1.165) is 5.56 Å². The first-order valence-corrected chi connectivity index (χ1v) is 9.18. The maximum absolute atomic E-state index is 12.5. The molecule has 0 radical (unpaired) electrons. The fourth-order valence-electron chi connectivity index (χ4n) is 3.06. The van der Waals surface area contributed by atoms with Gasteiger partial charge in [0.1, 0.15) is 5.75 Å². The summed E-state index contributed by atoms with van der Waals surface area (Å²) >= 11 is 0. The molecule has 2 aromatic carbocycles. The van der Waals surface area contributed by atoms with Crippen molar-refractivity contribution in [2.45, 2.75) is 20.3 Å². The summed E-state index contributed by atoms with van der Waals surface area (Å²) in [5.74, 6) is -0.242. The van der Waals surface area contributed by atoms with Crippen LogP contribution in [-0.4, -0.2) is 40.9 Å². The van der Waals surface area contributed by atoms with Crippen LogP contribution in [0, 0.1) is 5.92 Å². The van der Waals surface area contributed by atoms with Crippen LogP contribution in [0.3, 0.4) is 0 Å². The Balaban J connectivity index is 1.58. The number of phenols is 1. The number of amides is 4. The number of nitrogens with zero attached hydrogens (tertiary/aromatic N) is 1. The first-order valence-electron chi connectivity index (χ1n) is 9.18. The van der Waals surface area contributed by atoms with Crippen molar-refractivity contribution in [3.8, 4) is 5.75 Å². The molecule has 3 N–H and O–H groups in total. The molecule has 0 saturated heterocycles. The summed E-state index contributed by atoms with van der Waals surface area (Å²) in [6.45, 7) is 4.67. The smallest absolute Gasteiger partial charge is 0.319 e. The van der Waals surface area contributed by atoms with Crippen LogP contribution in [0.2, 0.25) is 0 Å². The second-order valence-electron chi connectivity index (χ2n) is 7.17. The monoisotopic (exact) mass is 381 g/mol. The molecule has 28 heavy (non-hydrogen) atoms. The highest BCUT2D eigenvalue weighted by Gasteiger charge is 2.35. The second kappa shape index (κ2) is 8.12. The average Bonchev–Trinajstić information content (AvgIpc) is 2.87. The molecule has 2 aromatic rings. The number of urea groups is 1. The number of carbonyl (C=O) groups is 3. The van der Waals surface area contributed by atoms with E-state index in [-0.39, 0.29) is 23.5 Å². The molecule has 1 aliphatic rings. The molecule has 0 atom stereocenters. The summed E-state index contributed by atoms with van der Waals surface area (Å²) in [4.78, 5) is 38.2. The van der Waals surface area contributed by atoms with E-state index >= 15 is 0 Å². The Morgan fingerprint density at radius 1 is 1.04 bits per heavy atom. The fraction of sp³-hybridized carbons (Fsp3) is 0.286. The van der Waals surface area contributed by atoms with Gasteiger partial charge in [0.2, 0.25) is 0 Å². The molecule has 0 unspecified atom stereocenters. The zero-order chi connectivity index (χ0) is 20.3. The topological polar surface area (TPSA) is 98.7 Å². The summed E-state index contributed by atoms with van der Waals surface area (Å²) in [5.41, 5.74) is 2.12. The van der Waals surface area contributed by atoms with Crippen LogP contribution < -0.4 is 10.6 Å². The highest BCUT2D eigenvalue weighted by Crippen LogP contribution is 2.26. The molecule has 0 spiro atoms. The van der Waals surface area contributed by atoms with E-state index in [4.69, 9.17) is 0 Å². The van der Waals surface area contributed by atoms with Crippen LogP contribution >= 0.6 is 0 Å². The van der Waals surface area contributed by atoms with Crippen molar-refractivity contribution in [3.05, 3.63) is 59.2 Å². The molecular formula is C21H23N3O4. The molecule has 7 nitrogen and oxygen atoms in total. The third-order valence-electron chi connectivity index (χ3n) is 4.41. The zero-order valence-electron chi connectivity index (χ0n) is 15.9. The average molecular weight is 381 g/mol. The zero-order valence-corrected chi connectivity index (χ0v) is 15.9. The highest BCUT2D eigenvalue weighted by molar-refractivity contribution is 6.21. The Kier molecular flexibility index (Phi) is 5.63. The summed E-state index contributed by atoms with van der Waals surface area (Å²) in [7, 11) is 0.